The average Bonchev–Trinajstić information content (AvgIpc) is 3.02. The van der Waals surface area contributed by atoms with Gasteiger partial charge in [0.2, 0.25) is 0 Å². The van der Waals surface area contributed by atoms with Crippen LogP contribution in [0.4, 0.5) is 0 Å². The molecule has 0 aliphatic carbocycles. The van der Waals surface area contributed by atoms with Crippen molar-refractivity contribution in [1.29, 1.82) is 0 Å². The topological polar surface area (TPSA) is 12.5 Å². The van der Waals surface area contributed by atoms with Gasteiger partial charge in [-0.05, 0) is 12.3 Å². The Balaban J connectivity index is 2.06. The Morgan fingerprint density at radius 2 is 1.53 bits per heavy atom. The zero-order chi connectivity index (χ0) is 10.9. The van der Waals surface area contributed by atoms with E-state index >= 15 is 0 Å². The molecule has 1 rings (SSSR count). The molecule has 0 N–H and O–H groups in total. The van der Waals surface area contributed by atoms with Gasteiger partial charge in [-0.2, -0.15) is 0 Å². The lowest BCUT2D eigenvalue weighted by molar-refractivity contribution is 0.318. The van der Waals surface area contributed by atoms with Crippen LogP contribution in [0, 0.1) is 5.92 Å². The van der Waals surface area contributed by atoms with E-state index in [4.69, 9.17) is 4.74 Å². The molecule has 1 nitrogen and oxygen atoms in total. The molecule has 1 unspecified atom stereocenters. The van der Waals surface area contributed by atoms with Crippen molar-refractivity contribution in [2.24, 2.45) is 5.92 Å². The Labute approximate surface area is 95.6 Å². The normalized spacial score (nSPS) is 19.8. The summed E-state index contributed by atoms with van der Waals surface area (Å²) < 4.78 is 5.35. The van der Waals surface area contributed by atoms with Crippen molar-refractivity contribution in [3.8, 4) is 0 Å². The number of rotatable bonds is 10. The lowest BCUT2D eigenvalue weighted by Crippen LogP contribution is -2.04. The monoisotopic (exact) mass is 212 g/mol. The fourth-order valence-electron chi connectivity index (χ4n) is 2.32. The van der Waals surface area contributed by atoms with Crippen LogP contribution >= 0.6 is 0 Å². The van der Waals surface area contributed by atoms with E-state index in [9.17, 15) is 0 Å². The molecule has 0 radical (unpaired) electrons. The van der Waals surface area contributed by atoms with Gasteiger partial charge in [-0.25, -0.2) is 0 Å². The highest BCUT2D eigenvalue weighted by atomic mass is 16.6. The van der Waals surface area contributed by atoms with E-state index in [1.807, 2.05) is 0 Å². The molecule has 0 saturated carbocycles. The van der Waals surface area contributed by atoms with Crippen LogP contribution < -0.4 is 0 Å². The van der Waals surface area contributed by atoms with Gasteiger partial charge in [0.1, 0.15) is 0 Å². The Morgan fingerprint density at radius 3 is 1.93 bits per heavy atom. The fraction of sp³-hybridized carbons (Fsp3) is 1.00. The van der Waals surface area contributed by atoms with Crippen LogP contribution in [-0.4, -0.2) is 12.7 Å². The summed E-state index contributed by atoms with van der Waals surface area (Å²) in [6.45, 7) is 5.62. The Hall–Kier alpha value is -0.0400. The van der Waals surface area contributed by atoms with E-state index < -0.39 is 0 Å². The molecule has 1 aliphatic rings. The van der Waals surface area contributed by atoms with Gasteiger partial charge in [0.15, 0.2) is 0 Å². The molecule has 1 heteroatoms. The molecule has 15 heavy (non-hydrogen) atoms. The number of unbranched alkanes of at least 4 members (excludes halogenated alkanes) is 4. The molecular formula is C14H28O. The first-order valence-electron chi connectivity index (χ1n) is 6.98. The van der Waals surface area contributed by atoms with Gasteiger partial charge in [-0.3, -0.25) is 0 Å². The molecule has 1 aliphatic heterocycles. The zero-order valence-electron chi connectivity index (χ0n) is 10.6. The molecule has 0 spiro atoms. The summed E-state index contributed by atoms with van der Waals surface area (Å²) >= 11 is 0. The number of hydrogen-bond donors (Lipinski definition) is 0. The van der Waals surface area contributed by atoms with Crippen molar-refractivity contribution in [3.63, 3.8) is 0 Å². The van der Waals surface area contributed by atoms with Crippen LogP contribution in [-0.2, 0) is 4.74 Å². The standard InChI is InChI=1S/C14H28O/c1-3-5-7-9-13(10-8-6-4-2)11-14-12-15-14/h13-14H,3-12H2,1-2H3. The molecule has 1 fully saturated rings. The molecule has 0 aromatic carbocycles. The van der Waals surface area contributed by atoms with E-state index in [1.165, 1.54) is 57.8 Å². The first-order valence-corrected chi connectivity index (χ1v) is 6.98. The van der Waals surface area contributed by atoms with Crippen molar-refractivity contribution < 1.29 is 4.74 Å². The molecule has 0 bridgehead atoms. The lowest BCUT2D eigenvalue weighted by Gasteiger charge is -2.15. The highest BCUT2D eigenvalue weighted by Crippen LogP contribution is 2.27. The summed E-state index contributed by atoms with van der Waals surface area (Å²) in [7, 11) is 0. The SMILES string of the molecule is CCCCCC(CCCCC)CC1CO1. The number of ether oxygens (including phenoxy) is 1. The summed E-state index contributed by atoms with van der Waals surface area (Å²) in [4.78, 5) is 0. The average molecular weight is 212 g/mol. The maximum atomic E-state index is 5.35. The predicted octanol–water partition coefficient (Wildman–Crippen LogP) is 4.55. The highest BCUT2D eigenvalue weighted by molar-refractivity contribution is 4.74. The summed E-state index contributed by atoms with van der Waals surface area (Å²) in [5, 5.41) is 0. The van der Waals surface area contributed by atoms with E-state index in [0.29, 0.717) is 6.10 Å². The second-order valence-corrected chi connectivity index (χ2v) is 5.05. The van der Waals surface area contributed by atoms with Crippen molar-refractivity contribution in [3.05, 3.63) is 0 Å². The van der Waals surface area contributed by atoms with E-state index in [2.05, 4.69) is 13.8 Å². The largest absolute Gasteiger partial charge is 0.373 e. The van der Waals surface area contributed by atoms with Crippen LogP contribution in [0.2, 0.25) is 0 Å². The molecule has 1 heterocycles. The summed E-state index contributed by atoms with van der Waals surface area (Å²) in [6.07, 6.45) is 13.2. The zero-order valence-corrected chi connectivity index (χ0v) is 10.6. The van der Waals surface area contributed by atoms with Crippen LogP contribution in [0.5, 0.6) is 0 Å². The molecule has 90 valence electrons. The van der Waals surface area contributed by atoms with Crippen molar-refractivity contribution in [2.75, 3.05) is 6.61 Å². The first-order chi connectivity index (χ1) is 7.36. The van der Waals surface area contributed by atoms with E-state index in [-0.39, 0.29) is 0 Å². The van der Waals surface area contributed by atoms with Gasteiger partial charge < -0.3 is 4.74 Å². The second-order valence-electron chi connectivity index (χ2n) is 5.05. The van der Waals surface area contributed by atoms with Crippen molar-refractivity contribution in [1.82, 2.24) is 0 Å². The van der Waals surface area contributed by atoms with Gasteiger partial charge in [0.25, 0.3) is 0 Å². The third-order valence-electron chi connectivity index (χ3n) is 3.43. The molecule has 1 atom stereocenters. The maximum Gasteiger partial charge on any atom is 0.0812 e. The van der Waals surface area contributed by atoms with E-state index in [1.54, 1.807) is 0 Å². The smallest absolute Gasteiger partial charge is 0.0812 e. The molecule has 1 saturated heterocycles. The number of hydrogen-bond acceptors (Lipinski definition) is 1. The van der Waals surface area contributed by atoms with Gasteiger partial charge in [0.05, 0.1) is 12.7 Å². The summed E-state index contributed by atoms with van der Waals surface area (Å²) in [6, 6.07) is 0. The van der Waals surface area contributed by atoms with Crippen LogP contribution in [0.15, 0.2) is 0 Å². The Kier molecular flexibility index (Phi) is 7.08. The van der Waals surface area contributed by atoms with E-state index in [0.717, 1.165) is 12.5 Å². The highest BCUT2D eigenvalue weighted by Gasteiger charge is 2.25. The predicted molar refractivity (Wildman–Crippen MR) is 66.1 cm³/mol. The molecule has 0 aromatic rings. The first kappa shape index (κ1) is 13.0. The van der Waals surface area contributed by atoms with Crippen LogP contribution in [0.25, 0.3) is 0 Å². The molecule has 0 aromatic heterocycles. The fourth-order valence-corrected chi connectivity index (χ4v) is 2.32. The second kappa shape index (κ2) is 8.15. The summed E-state index contributed by atoms with van der Waals surface area (Å²) in [5.74, 6) is 0.954. The Morgan fingerprint density at radius 1 is 1.00 bits per heavy atom. The lowest BCUT2D eigenvalue weighted by atomic mass is 9.91. The van der Waals surface area contributed by atoms with Gasteiger partial charge >= 0.3 is 0 Å². The third-order valence-corrected chi connectivity index (χ3v) is 3.43. The third kappa shape index (κ3) is 6.94. The molecular weight excluding hydrogens is 184 g/mol. The Bertz CT molecular complexity index is 130. The maximum absolute atomic E-state index is 5.35. The van der Waals surface area contributed by atoms with Crippen molar-refractivity contribution >= 4 is 0 Å². The van der Waals surface area contributed by atoms with Crippen LogP contribution in [0.3, 0.4) is 0 Å². The minimum Gasteiger partial charge on any atom is -0.373 e. The van der Waals surface area contributed by atoms with Crippen molar-refractivity contribution in [2.45, 2.75) is 77.7 Å². The summed E-state index contributed by atoms with van der Waals surface area (Å²) in [5.41, 5.74) is 0. The van der Waals surface area contributed by atoms with Gasteiger partial charge in [0, 0.05) is 0 Å². The minimum absolute atomic E-state index is 0.637. The minimum atomic E-state index is 0.637. The number of epoxide rings is 1. The van der Waals surface area contributed by atoms with Crippen LogP contribution in [0.1, 0.15) is 71.6 Å². The van der Waals surface area contributed by atoms with Gasteiger partial charge in [-0.15, -0.1) is 0 Å². The quantitative estimate of drug-likeness (QED) is 0.382. The molecule has 0 amide bonds. The van der Waals surface area contributed by atoms with Gasteiger partial charge in [-0.1, -0.05) is 65.2 Å².